The monoisotopic (exact) mass is 296 g/mol. The highest BCUT2D eigenvalue weighted by atomic mass is 32.1. The number of pyridine rings is 1. The van der Waals surface area contributed by atoms with Gasteiger partial charge >= 0.3 is 0 Å². The summed E-state index contributed by atoms with van der Waals surface area (Å²) < 4.78 is 0. The van der Waals surface area contributed by atoms with Crippen LogP contribution in [0.25, 0.3) is 11.1 Å². The number of nitrogens with two attached hydrogens (primary N) is 2. The Morgan fingerprint density at radius 2 is 2.00 bits per heavy atom. The first-order valence-corrected chi connectivity index (χ1v) is 7.44. The molecule has 0 aliphatic carbocycles. The molecule has 21 heavy (non-hydrogen) atoms. The maximum atomic E-state index is 6.12. The number of rotatable bonds is 3. The van der Waals surface area contributed by atoms with Gasteiger partial charge in [0.2, 0.25) is 0 Å². The molecule has 0 aliphatic heterocycles. The number of anilines is 4. The highest BCUT2D eigenvalue weighted by molar-refractivity contribution is 7.11. The summed E-state index contributed by atoms with van der Waals surface area (Å²) in [5.74, 6) is 0.805. The van der Waals surface area contributed by atoms with E-state index in [-0.39, 0.29) is 0 Å². The maximum Gasteiger partial charge on any atom is 0.130 e. The van der Waals surface area contributed by atoms with Gasteiger partial charge in [-0.1, -0.05) is 6.07 Å². The molecular weight excluding hydrogens is 280 g/mol. The van der Waals surface area contributed by atoms with E-state index >= 15 is 0 Å². The van der Waals surface area contributed by atoms with Crippen LogP contribution in [-0.2, 0) is 0 Å². The number of benzene rings is 1. The number of nitrogen functional groups attached to an aromatic ring is 2. The van der Waals surface area contributed by atoms with E-state index in [2.05, 4.69) is 22.6 Å². The zero-order chi connectivity index (χ0) is 14.8. The molecule has 0 unspecified atom stereocenters. The van der Waals surface area contributed by atoms with Crippen molar-refractivity contribution in [2.75, 3.05) is 16.8 Å². The molecule has 5 N–H and O–H groups in total. The van der Waals surface area contributed by atoms with Crippen LogP contribution < -0.4 is 16.8 Å². The second-order valence-corrected chi connectivity index (χ2v) is 5.85. The Kier molecular flexibility index (Phi) is 3.50. The summed E-state index contributed by atoms with van der Waals surface area (Å²) in [5, 5.41) is 5.41. The van der Waals surface area contributed by atoms with Crippen LogP contribution in [0.15, 0.2) is 48.0 Å². The van der Waals surface area contributed by atoms with Crippen LogP contribution in [-0.4, -0.2) is 4.98 Å². The smallest absolute Gasteiger partial charge is 0.130 e. The van der Waals surface area contributed by atoms with Gasteiger partial charge in [0.25, 0.3) is 0 Å². The fourth-order valence-electron chi connectivity index (χ4n) is 2.25. The lowest BCUT2D eigenvalue weighted by atomic mass is 10.0. The van der Waals surface area contributed by atoms with E-state index in [0.29, 0.717) is 5.69 Å². The number of hydrogen-bond donors (Lipinski definition) is 3. The van der Waals surface area contributed by atoms with E-state index in [1.54, 1.807) is 17.5 Å². The summed E-state index contributed by atoms with van der Waals surface area (Å²) in [7, 11) is 0. The fraction of sp³-hybridized carbons (Fsp3) is 0.0625. The number of nitrogens with one attached hydrogen (secondary N) is 1. The molecule has 4 nitrogen and oxygen atoms in total. The highest BCUT2D eigenvalue weighted by Crippen LogP contribution is 2.40. The second-order valence-electron chi connectivity index (χ2n) is 4.77. The summed E-state index contributed by atoms with van der Waals surface area (Å²) in [5.41, 5.74) is 16.5. The van der Waals surface area contributed by atoms with Crippen molar-refractivity contribution in [3.05, 3.63) is 52.9 Å². The Morgan fingerprint density at radius 3 is 2.76 bits per heavy atom. The molecule has 0 saturated carbocycles. The third-order valence-corrected chi connectivity index (χ3v) is 4.16. The van der Waals surface area contributed by atoms with Crippen molar-refractivity contribution in [1.82, 2.24) is 4.98 Å². The van der Waals surface area contributed by atoms with Gasteiger partial charge in [-0.15, -0.1) is 11.3 Å². The van der Waals surface area contributed by atoms with Crippen LogP contribution in [0.3, 0.4) is 0 Å². The van der Waals surface area contributed by atoms with E-state index in [1.807, 2.05) is 36.4 Å². The number of aryl methyl sites for hydroxylation is 1. The van der Waals surface area contributed by atoms with Crippen LogP contribution in [0.1, 0.15) is 4.88 Å². The van der Waals surface area contributed by atoms with Crippen molar-refractivity contribution in [3.8, 4) is 11.1 Å². The van der Waals surface area contributed by atoms with Gasteiger partial charge in [0.1, 0.15) is 5.82 Å². The first-order valence-electron chi connectivity index (χ1n) is 6.56. The Labute approximate surface area is 127 Å². The molecule has 3 aromatic rings. The molecule has 0 radical (unpaired) electrons. The van der Waals surface area contributed by atoms with Crippen molar-refractivity contribution in [3.63, 3.8) is 0 Å². The van der Waals surface area contributed by atoms with Crippen molar-refractivity contribution in [1.29, 1.82) is 0 Å². The minimum absolute atomic E-state index is 0.702. The third kappa shape index (κ3) is 2.68. The van der Waals surface area contributed by atoms with E-state index in [4.69, 9.17) is 11.5 Å². The van der Waals surface area contributed by atoms with Gasteiger partial charge in [-0.25, -0.2) is 4.98 Å². The molecule has 0 saturated heterocycles. The molecule has 0 spiro atoms. The number of thiophene rings is 1. The summed E-state index contributed by atoms with van der Waals surface area (Å²) in [4.78, 5) is 5.48. The topological polar surface area (TPSA) is 77.0 Å². The van der Waals surface area contributed by atoms with Gasteiger partial charge in [0, 0.05) is 39.0 Å². The fourth-order valence-corrected chi connectivity index (χ4v) is 3.06. The largest absolute Gasteiger partial charge is 0.399 e. The molecule has 2 heterocycles. The summed E-state index contributed by atoms with van der Waals surface area (Å²) in [6.45, 7) is 2.08. The summed E-state index contributed by atoms with van der Waals surface area (Å²) in [6, 6.07) is 11.3. The lowest BCUT2D eigenvalue weighted by molar-refractivity contribution is 1.31. The van der Waals surface area contributed by atoms with Crippen LogP contribution in [0, 0.1) is 6.92 Å². The Morgan fingerprint density at radius 1 is 1.14 bits per heavy atom. The van der Waals surface area contributed by atoms with Gasteiger partial charge in [-0.05, 0) is 37.3 Å². The highest BCUT2D eigenvalue weighted by Gasteiger charge is 2.14. The quantitative estimate of drug-likeness (QED) is 0.638. The molecular formula is C16H16N4S. The zero-order valence-corrected chi connectivity index (χ0v) is 12.4. The molecule has 0 atom stereocenters. The van der Waals surface area contributed by atoms with E-state index in [9.17, 15) is 0 Å². The predicted octanol–water partition coefficient (Wildman–Crippen LogP) is 4.03. The van der Waals surface area contributed by atoms with E-state index in [0.717, 1.165) is 28.3 Å². The van der Waals surface area contributed by atoms with Gasteiger partial charge in [-0.3, -0.25) is 0 Å². The number of hydrogen-bond acceptors (Lipinski definition) is 5. The first-order chi connectivity index (χ1) is 10.1. The van der Waals surface area contributed by atoms with E-state index < -0.39 is 0 Å². The molecule has 3 rings (SSSR count). The lowest BCUT2D eigenvalue weighted by Gasteiger charge is -2.11. The summed E-state index contributed by atoms with van der Waals surface area (Å²) in [6.07, 6.45) is 1.76. The lowest BCUT2D eigenvalue weighted by Crippen LogP contribution is -1.97. The number of nitrogens with zero attached hydrogens (tertiary/aromatic N) is 1. The van der Waals surface area contributed by atoms with Crippen molar-refractivity contribution in [2.45, 2.75) is 6.92 Å². The molecule has 106 valence electrons. The van der Waals surface area contributed by atoms with Crippen LogP contribution in [0.4, 0.5) is 22.9 Å². The minimum atomic E-state index is 0.702. The Balaban J connectivity index is 2.07. The number of aromatic nitrogens is 1. The first kappa shape index (κ1) is 13.5. The van der Waals surface area contributed by atoms with Crippen molar-refractivity contribution >= 4 is 34.2 Å². The van der Waals surface area contributed by atoms with E-state index in [1.165, 1.54) is 4.88 Å². The molecule has 0 aliphatic rings. The second kappa shape index (κ2) is 5.46. The summed E-state index contributed by atoms with van der Waals surface area (Å²) >= 11 is 1.67. The Hall–Kier alpha value is -2.53. The van der Waals surface area contributed by atoms with Crippen molar-refractivity contribution in [2.24, 2.45) is 0 Å². The Bertz CT molecular complexity index is 765. The third-order valence-electron chi connectivity index (χ3n) is 3.25. The molecule has 2 aromatic heterocycles. The molecule has 0 fully saturated rings. The standard InChI is InChI=1S/C16H16N4S/c1-10-16(12-8-11(17)5-6-13(12)18)14(9-21-10)20-15-4-2-3-7-19-15/h2-9H,17-18H2,1H3,(H,19,20). The maximum absolute atomic E-state index is 6.12. The zero-order valence-electron chi connectivity index (χ0n) is 11.6. The van der Waals surface area contributed by atoms with Crippen molar-refractivity contribution < 1.29 is 0 Å². The minimum Gasteiger partial charge on any atom is -0.399 e. The predicted molar refractivity (Wildman–Crippen MR) is 90.8 cm³/mol. The van der Waals surface area contributed by atoms with Crippen LogP contribution in [0.5, 0.6) is 0 Å². The normalized spacial score (nSPS) is 10.5. The average molecular weight is 296 g/mol. The molecule has 0 bridgehead atoms. The van der Waals surface area contributed by atoms with Crippen LogP contribution in [0.2, 0.25) is 0 Å². The van der Waals surface area contributed by atoms with Gasteiger partial charge < -0.3 is 16.8 Å². The molecule has 0 amide bonds. The molecule has 1 aromatic carbocycles. The van der Waals surface area contributed by atoms with Crippen LogP contribution >= 0.6 is 11.3 Å². The van der Waals surface area contributed by atoms with Gasteiger partial charge in [0.05, 0.1) is 5.69 Å². The molecule has 5 heteroatoms. The van der Waals surface area contributed by atoms with Gasteiger partial charge in [-0.2, -0.15) is 0 Å². The SMILES string of the molecule is Cc1scc(Nc2ccccn2)c1-c1cc(N)ccc1N. The van der Waals surface area contributed by atoms with Gasteiger partial charge in [0.15, 0.2) is 0 Å². The average Bonchev–Trinajstić information content (AvgIpc) is 2.84.